The van der Waals surface area contributed by atoms with Crippen molar-refractivity contribution < 1.29 is 26.7 Å². The molecule has 0 aliphatic rings. The Labute approximate surface area is 175 Å². The number of alkyl halides is 3. The number of benzene rings is 1. The van der Waals surface area contributed by atoms with Crippen molar-refractivity contribution in [1.29, 1.82) is 0 Å². The molecule has 0 aliphatic carbocycles. The van der Waals surface area contributed by atoms with E-state index in [0.717, 1.165) is 36.1 Å². The fraction of sp³-hybridized carbons (Fsp3) is 0.478. The van der Waals surface area contributed by atoms with Crippen molar-refractivity contribution in [3.63, 3.8) is 0 Å². The van der Waals surface area contributed by atoms with Crippen LogP contribution in [0.2, 0.25) is 0 Å². The lowest BCUT2D eigenvalue weighted by atomic mass is 9.89. The summed E-state index contributed by atoms with van der Waals surface area (Å²) in [4.78, 5) is 0. The maximum Gasteiger partial charge on any atom is 0.422 e. The summed E-state index contributed by atoms with van der Waals surface area (Å²) >= 11 is 0. The van der Waals surface area contributed by atoms with Gasteiger partial charge in [0.1, 0.15) is 17.4 Å². The quantitative estimate of drug-likeness (QED) is 0.313. The van der Waals surface area contributed by atoms with Crippen molar-refractivity contribution in [2.75, 3.05) is 13.7 Å². The van der Waals surface area contributed by atoms with Gasteiger partial charge in [-0.2, -0.15) is 13.2 Å². The molecule has 2 nitrogen and oxygen atoms in total. The summed E-state index contributed by atoms with van der Waals surface area (Å²) in [6.45, 7) is 6.29. The van der Waals surface area contributed by atoms with E-state index >= 15 is 0 Å². The Balaban J connectivity index is 3.61. The largest absolute Gasteiger partial charge is 0.484 e. The van der Waals surface area contributed by atoms with Gasteiger partial charge in [0.2, 0.25) is 0 Å². The Kier molecular flexibility index (Phi) is 10.1. The number of hydrogen-bond donors (Lipinski definition) is 1. The number of allylic oxidation sites excluding steroid dienone is 5. The van der Waals surface area contributed by atoms with E-state index in [4.69, 9.17) is 0 Å². The van der Waals surface area contributed by atoms with Crippen LogP contribution in [0.15, 0.2) is 41.5 Å². The van der Waals surface area contributed by atoms with Crippen molar-refractivity contribution in [3.8, 4) is 5.75 Å². The van der Waals surface area contributed by atoms with Crippen molar-refractivity contribution in [2.24, 2.45) is 5.92 Å². The molecule has 1 N–H and O–H groups in total. The summed E-state index contributed by atoms with van der Waals surface area (Å²) in [5.74, 6) is -2.24. The summed E-state index contributed by atoms with van der Waals surface area (Å²) in [5.41, 5.74) is 1.54. The zero-order chi connectivity index (χ0) is 22.9. The zero-order valence-corrected chi connectivity index (χ0v) is 18.1. The van der Waals surface area contributed by atoms with Crippen LogP contribution in [0.25, 0.3) is 5.70 Å². The van der Waals surface area contributed by atoms with E-state index in [1.807, 2.05) is 45.9 Å². The molecule has 0 spiro atoms. The minimum Gasteiger partial charge on any atom is -0.484 e. The monoisotopic (exact) mass is 431 g/mol. The molecule has 0 amide bonds. The lowest BCUT2D eigenvalue weighted by Crippen LogP contribution is -2.19. The van der Waals surface area contributed by atoms with Gasteiger partial charge in [0.15, 0.2) is 6.61 Å². The number of rotatable bonds is 10. The lowest BCUT2D eigenvalue weighted by Gasteiger charge is -2.21. The smallest absolute Gasteiger partial charge is 0.422 e. The van der Waals surface area contributed by atoms with Crippen molar-refractivity contribution in [2.45, 2.75) is 53.1 Å². The molecule has 0 heterocycles. The Morgan fingerprint density at radius 1 is 1.17 bits per heavy atom. The molecule has 0 saturated carbocycles. The van der Waals surface area contributed by atoms with Gasteiger partial charge < -0.3 is 10.1 Å². The van der Waals surface area contributed by atoms with Gasteiger partial charge in [-0.1, -0.05) is 45.4 Å². The molecule has 0 radical (unpaired) electrons. The van der Waals surface area contributed by atoms with Gasteiger partial charge in [0.25, 0.3) is 0 Å². The number of hydrogen-bond acceptors (Lipinski definition) is 2. The normalized spacial score (nSPS) is 14.7. The molecule has 0 fully saturated rings. The average Bonchev–Trinajstić information content (AvgIpc) is 2.66. The summed E-state index contributed by atoms with van der Waals surface area (Å²) < 4.78 is 71.3. The first-order valence-corrected chi connectivity index (χ1v) is 10.0. The molecule has 1 unspecified atom stereocenters. The first kappa shape index (κ1) is 25.7. The highest BCUT2D eigenvalue weighted by molar-refractivity contribution is 5.73. The minimum absolute atomic E-state index is 0.259. The molecule has 168 valence electrons. The third-order valence-corrected chi connectivity index (χ3v) is 4.59. The van der Waals surface area contributed by atoms with E-state index in [-0.39, 0.29) is 17.2 Å². The molecular formula is C23H30F5NO. The van der Waals surface area contributed by atoms with Crippen LogP contribution in [-0.4, -0.2) is 19.8 Å². The Morgan fingerprint density at radius 2 is 1.77 bits per heavy atom. The molecular weight excluding hydrogens is 401 g/mol. The van der Waals surface area contributed by atoms with Crippen molar-refractivity contribution in [1.82, 2.24) is 5.32 Å². The molecule has 0 bridgehead atoms. The highest BCUT2D eigenvalue weighted by Gasteiger charge is 2.29. The number of nitrogens with one attached hydrogen (secondary N) is 1. The summed E-state index contributed by atoms with van der Waals surface area (Å²) in [6, 6.07) is 1.56. The van der Waals surface area contributed by atoms with Gasteiger partial charge in [0.05, 0.1) is 11.3 Å². The molecule has 30 heavy (non-hydrogen) atoms. The topological polar surface area (TPSA) is 21.3 Å². The van der Waals surface area contributed by atoms with Crippen LogP contribution >= 0.6 is 0 Å². The van der Waals surface area contributed by atoms with Gasteiger partial charge in [-0.05, 0) is 36.8 Å². The molecule has 1 aromatic carbocycles. The van der Waals surface area contributed by atoms with E-state index in [0.29, 0.717) is 6.42 Å². The van der Waals surface area contributed by atoms with Gasteiger partial charge in [-0.15, -0.1) is 0 Å². The van der Waals surface area contributed by atoms with E-state index in [1.54, 1.807) is 7.05 Å². The molecule has 0 aliphatic heterocycles. The van der Waals surface area contributed by atoms with Crippen LogP contribution in [-0.2, 0) is 0 Å². The van der Waals surface area contributed by atoms with E-state index in [1.165, 1.54) is 0 Å². The van der Waals surface area contributed by atoms with Crippen LogP contribution in [0.4, 0.5) is 22.0 Å². The van der Waals surface area contributed by atoms with Crippen LogP contribution in [0.1, 0.15) is 52.5 Å². The zero-order valence-electron chi connectivity index (χ0n) is 18.1. The summed E-state index contributed by atoms with van der Waals surface area (Å²) in [7, 11) is 1.57. The molecule has 0 aromatic heterocycles. The van der Waals surface area contributed by atoms with Gasteiger partial charge in [-0.3, -0.25) is 0 Å². The second-order valence-corrected chi connectivity index (χ2v) is 7.05. The second-order valence-electron chi connectivity index (χ2n) is 7.05. The Bertz CT molecular complexity index is 770. The fourth-order valence-corrected chi connectivity index (χ4v) is 3.01. The first-order valence-electron chi connectivity index (χ1n) is 10.0. The van der Waals surface area contributed by atoms with Gasteiger partial charge in [0, 0.05) is 19.2 Å². The number of halogens is 5. The van der Waals surface area contributed by atoms with E-state index in [9.17, 15) is 22.0 Å². The third-order valence-electron chi connectivity index (χ3n) is 4.59. The lowest BCUT2D eigenvalue weighted by molar-refractivity contribution is -0.153. The van der Waals surface area contributed by atoms with Crippen molar-refractivity contribution in [3.05, 3.63) is 58.7 Å². The van der Waals surface area contributed by atoms with E-state index < -0.39 is 30.2 Å². The predicted molar refractivity (Wildman–Crippen MR) is 111 cm³/mol. The molecule has 0 saturated heterocycles. The maximum absolute atomic E-state index is 14.9. The highest BCUT2D eigenvalue weighted by Crippen LogP contribution is 2.34. The Hall–Kier alpha value is -2.31. The molecule has 1 aromatic rings. The predicted octanol–water partition coefficient (Wildman–Crippen LogP) is 7.19. The Morgan fingerprint density at radius 3 is 2.20 bits per heavy atom. The van der Waals surface area contributed by atoms with Crippen LogP contribution in [0.5, 0.6) is 5.75 Å². The first-order chi connectivity index (χ1) is 14.1. The number of ether oxygens (including phenoxy) is 1. The fourth-order valence-electron chi connectivity index (χ4n) is 3.01. The second kappa shape index (κ2) is 11.8. The van der Waals surface area contributed by atoms with Crippen LogP contribution in [0, 0.1) is 17.6 Å². The summed E-state index contributed by atoms with van der Waals surface area (Å²) in [6.07, 6.45) is 3.30. The van der Waals surface area contributed by atoms with Gasteiger partial charge >= 0.3 is 6.18 Å². The third kappa shape index (κ3) is 7.50. The van der Waals surface area contributed by atoms with Gasteiger partial charge in [-0.25, -0.2) is 8.78 Å². The molecule has 1 atom stereocenters. The molecule has 1 rings (SSSR count). The average molecular weight is 431 g/mol. The molecule has 7 heteroatoms. The highest BCUT2D eigenvalue weighted by atomic mass is 19.4. The van der Waals surface area contributed by atoms with Crippen molar-refractivity contribution >= 4 is 5.70 Å². The van der Waals surface area contributed by atoms with Crippen LogP contribution in [0.3, 0.4) is 0 Å². The van der Waals surface area contributed by atoms with Crippen LogP contribution < -0.4 is 10.1 Å². The summed E-state index contributed by atoms with van der Waals surface area (Å²) in [5, 5.41) is 2.91. The van der Waals surface area contributed by atoms with E-state index in [2.05, 4.69) is 10.1 Å². The minimum atomic E-state index is -4.60. The maximum atomic E-state index is 14.9. The SMILES string of the molecule is C\C=C/C(=C\CC)C(/CC(C)CC)=C(/NC)c1c(F)cc(OCC(F)(F)F)cc1F. The standard InChI is InChI=1S/C23H30F5NO/c1-6-9-16(10-7-2)18(11-15(4)8-3)22(29-5)21-19(24)12-17(13-20(21)25)30-14-23(26,27)28/h6,9-10,12-13,15,29H,7-8,11,14H2,1-5H3/b9-6-,16-10+,22-18+.